The molecule has 0 aliphatic rings. The normalized spacial score (nSPS) is 11.0. The first-order chi connectivity index (χ1) is 8.80. The molecule has 0 heterocycles. The molecule has 1 aromatic carbocycles. The van der Waals surface area contributed by atoms with Crippen LogP contribution < -0.4 is 5.32 Å². The van der Waals surface area contributed by atoms with Gasteiger partial charge < -0.3 is 10.4 Å². The third-order valence-electron chi connectivity index (χ3n) is 2.13. The van der Waals surface area contributed by atoms with Gasteiger partial charge in [0.25, 0.3) is 0 Å². The van der Waals surface area contributed by atoms with E-state index in [1.807, 2.05) is 0 Å². The van der Waals surface area contributed by atoms with Crippen LogP contribution >= 0.6 is 11.6 Å². The molecular formula is C11H12ClNO5S. The number of halogens is 1. The molecule has 1 rings (SSSR count). The van der Waals surface area contributed by atoms with Crippen molar-refractivity contribution in [1.29, 1.82) is 0 Å². The smallest absolute Gasteiger partial charge is 0.304 e. The number of benzene rings is 1. The molecular weight excluding hydrogens is 294 g/mol. The minimum Gasteiger partial charge on any atom is -0.481 e. The zero-order valence-corrected chi connectivity index (χ0v) is 11.4. The van der Waals surface area contributed by atoms with Crippen LogP contribution in [0.25, 0.3) is 0 Å². The SMILES string of the molecule is O=C(O)CCS(=O)(=O)CC(=O)Nc1ccccc1Cl. The molecule has 1 amide bonds. The molecule has 0 saturated heterocycles. The third-order valence-corrected chi connectivity index (χ3v) is 3.98. The molecule has 0 saturated carbocycles. The number of hydrogen-bond donors (Lipinski definition) is 2. The molecule has 0 unspecified atom stereocenters. The molecule has 8 heteroatoms. The Labute approximate surface area is 115 Å². The minimum atomic E-state index is -3.74. The Morgan fingerprint density at radius 2 is 1.89 bits per heavy atom. The number of aliphatic carboxylic acids is 1. The topological polar surface area (TPSA) is 101 Å². The summed E-state index contributed by atoms with van der Waals surface area (Å²) in [5, 5.41) is 11.0. The Bertz CT molecular complexity index is 585. The Morgan fingerprint density at radius 3 is 2.47 bits per heavy atom. The van der Waals surface area contributed by atoms with Crippen molar-refractivity contribution in [2.24, 2.45) is 0 Å². The summed E-state index contributed by atoms with van der Waals surface area (Å²) >= 11 is 5.80. The number of carbonyl (C=O) groups is 2. The van der Waals surface area contributed by atoms with Gasteiger partial charge in [-0.1, -0.05) is 23.7 Å². The van der Waals surface area contributed by atoms with E-state index < -0.39 is 39.6 Å². The summed E-state index contributed by atoms with van der Waals surface area (Å²) in [5.41, 5.74) is 0.308. The van der Waals surface area contributed by atoms with Crippen molar-refractivity contribution in [1.82, 2.24) is 0 Å². The molecule has 0 aliphatic carbocycles. The zero-order chi connectivity index (χ0) is 14.5. The maximum atomic E-state index is 11.5. The van der Waals surface area contributed by atoms with Crippen LogP contribution in [-0.4, -0.2) is 36.9 Å². The van der Waals surface area contributed by atoms with E-state index in [0.29, 0.717) is 10.7 Å². The lowest BCUT2D eigenvalue weighted by Crippen LogP contribution is -2.25. The van der Waals surface area contributed by atoms with Gasteiger partial charge in [0.05, 0.1) is 22.9 Å². The fraction of sp³-hybridized carbons (Fsp3) is 0.273. The lowest BCUT2D eigenvalue weighted by Gasteiger charge is -2.07. The van der Waals surface area contributed by atoms with E-state index in [1.165, 1.54) is 6.07 Å². The summed E-state index contributed by atoms with van der Waals surface area (Å²) < 4.78 is 22.9. The molecule has 104 valence electrons. The van der Waals surface area contributed by atoms with E-state index in [1.54, 1.807) is 18.2 Å². The largest absolute Gasteiger partial charge is 0.481 e. The van der Waals surface area contributed by atoms with Crippen molar-refractivity contribution in [3.63, 3.8) is 0 Å². The van der Waals surface area contributed by atoms with Gasteiger partial charge >= 0.3 is 5.97 Å². The van der Waals surface area contributed by atoms with Gasteiger partial charge in [0.15, 0.2) is 9.84 Å². The number of carboxylic acid groups (broad SMARTS) is 1. The van der Waals surface area contributed by atoms with Crippen molar-refractivity contribution in [2.75, 3.05) is 16.8 Å². The van der Waals surface area contributed by atoms with E-state index in [-0.39, 0.29) is 0 Å². The third kappa shape index (κ3) is 5.71. The van der Waals surface area contributed by atoms with Gasteiger partial charge in [-0.25, -0.2) is 8.42 Å². The zero-order valence-electron chi connectivity index (χ0n) is 9.80. The first-order valence-electron chi connectivity index (χ1n) is 5.27. The summed E-state index contributed by atoms with van der Waals surface area (Å²) in [4.78, 5) is 21.8. The number of para-hydroxylation sites is 1. The van der Waals surface area contributed by atoms with Crippen LogP contribution in [0.5, 0.6) is 0 Å². The molecule has 19 heavy (non-hydrogen) atoms. The van der Waals surface area contributed by atoms with Crippen molar-refractivity contribution in [2.45, 2.75) is 6.42 Å². The summed E-state index contributed by atoms with van der Waals surface area (Å²) in [6.07, 6.45) is -0.526. The highest BCUT2D eigenvalue weighted by molar-refractivity contribution is 7.92. The molecule has 0 bridgehead atoms. The molecule has 0 aliphatic heterocycles. The fourth-order valence-electron chi connectivity index (χ4n) is 1.26. The summed E-state index contributed by atoms with van der Waals surface area (Å²) in [7, 11) is -3.74. The summed E-state index contributed by atoms with van der Waals surface area (Å²) in [6, 6.07) is 6.39. The average Bonchev–Trinajstić information content (AvgIpc) is 2.29. The van der Waals surface area contributed by atoms with Gasteiger partial charge in [-0.3, -0.25) is 9.59 Å². The standard InChI is InChI=1S/C11H12ClNO5S/c12-8-3-1-2-4-9(8)13-10(14)7-19(17,18)6-5-11(15)16/h1-4H,5-7H2,(H,13,14)(H,15,16). The number of rotatable bonds is 6. The molecule has 0 aromatic heterocycles. The lowest BCUT2D eigenvalue weighted by atomic mass is 10.3. The maximum Gasteiger partial charge on any atom is 0.304 e. The number of carboxylic acids is 1. The van der Waals surface area contributed by atoms with E-state index in [0.717, 1.165) is 0 Å². The second kappa shape index (κ2) is 6.53. The molecule has 2 N–H and O–H groups in total. The average molecular weight is 306 g/mol. The van der Waals surface area contributed by atoms with Gasteiger partial charge in [-0.05, 0) is 12.1 Å². The van der Waals surface area contributed by atoms with Crippen molar-refractivity contribution in [3.05, 3.63) is 29.3 Å². The van der Waals surface area contributed by atoms with Crippen LogP contribution in [0.1, 0.15) is 6.42 Å². The first kappa shape index (κ1) is 15.5. The highest BCUT2D eigenvalue weighted by Crippen LogP contribution is 2.20. The molecule has 0 spiro atoms. The van der Waals surface area contributed by atoms with Crippen LogP contribution in [0.4, 0.5) is 5.69 Å². The highest BCUT2D eigenvalue weighted by Gasteiger charge is 2.18. The summed E-state index contributed by atoms with van der Waals surface area (Å²) in [6.45, 7) is 0. The fourth-order valence-corrected chi connectivity index (χ4v) is 2.55. The van der Waals surface area contributed by atoms with Crippen LogP contribution in [0.3, 0.4) is 0 Å². The van der Waals surface area contributed by atoms with Crippen LogP contribution in [0, 0.1) is 0 Å². The monoisotopic (exact) mass is 305 g/mol. The van der Waals surface area contributed by atoms with E-state index in [2.05, 4.69) is 5.32 Å². The van der Waals surface area contributed by atoms with Gasteiger partial charge in [0, 0.05) is 0 Å². The Morgan fingerprint density at radius 1 is 1.26 bits per heavy atom. The highest BCUT2D eigenvalue weighted by atomic mass is 35.5. The van der Waals surface area contributed by atoms with Crippen LogP contribution in [0.15, 0.2) is 24.3 Å². The van der Waals surface area contributed by atoms with Crippen molar-refractivity contribution in [3.8, 4) is 0 Å². The van der Waals surface area contributed by atoms with E-state index in [9.17, 15) is 18.0 Å². The number of carbonyl (C=O) groups excluding carboxylic acids is 1. The van der Waals surface area contributed by atoms with E-state index in [4.69, 9.17) is 16.7 Å². The second-order valence-electron chi connectivity index (χ2n) is 3.76. The Kier molecular flexibility index (Phi) is 5.31. The molecule has 6 nitrogen and oxygen atoms in total. The van der Waals surface area contributed by atoms with Crippen molar-refractivity contribution >= 4 is 39.0 Å². The molecule has 1 aromatic rings. The second-order valence-corrected chi connectivity index (χ2v) is 6.36. The Hall–Kier alpha value is -1.60. The van der Waals surface area contributed by atoms with Gasteiger partial charge in [-0.15, -0.1) is 0 Å². The maximum absolute atomic E-state index is 11.5. The van der Waals surface area contributed by atoms with Crippen LogP contribution in [0.2, 0.25) is 5.02 Å². The lowest BCUT2D eigenvalue weighted by molar-refractivity contribution is -0.136. The van der Waals surface area contributed by atoms with Gasteiger partial charge in [0.1, 0.15) is 5.75 Å². The van der Waals surface area contributed by atoms with Gasteiger partial charge in [-0.2, -0.15) is 0 Å². The quantitative estimate of drug-likeness (QED) is 0.821. The molecule has 0 fully saturated rings. The van der Waals surface area contributed by atoms with Crippen molar-refractivity contribution < 1.29 is 23.1 Å². The minimum absolute atomic E-state index is 0.291. The van der Waals surface area contributed by atoms with E-state index >= 15 is 0 Å². The molecule has 0 atom stereocenters. The van der Waals surface area contributed by atoms with Crippen LogP contribution in [-0.2, 0) is 19.4 Å². The number of sulfone groups is 1. The van der Waals surface area contributed by atoms with Gasteiger partial charge in [0.2, 0.25) is 5.91 Å². The predicted molar refractivity (Wildman–Crippen MR) is 71.0 cm³/mol. The number of nitrogens with one attached hydrogen (secondary N) is 1. The predicted octanol–water partition coefficient (Wildman–Crippen LogP) is 1.17. The first-order valence-corrected chi connectivity index (χ1v) is 7.47. The summed E-state index contributed by atoms with van der Waals surface area (Å²) in [5.74, 6) is -3.32. The Balaban J connectivity index is 2.61. The number of anilines is 1. The molecule has 0 radical (unpaired) electrons. The number of amides is 1. The number of hydrogen-bond acceptors (Lipinski definition) is 4.